The molecule has 1 unspecified atom stereocenters. The highest BCUT2D eigenvalue weighted by Crippen LogP contribution is 2.46. The fourth-order valence-corrected chi connectivity index (χ4v) is 10.2. The van der Waals surface area contributed by atoms with E-state index < -0.39 is 66.8 Å². The standard InChI is InChI=1S/C52H75N9O16/c62-35-76-33-59-25-23-57(21-22-58(32-46(67)68)24-26-60(28-27-59)34-77-36-63)31-44(64)61-19-16-52(17-20-61)14-12-39(13-15-52)47(69)54-43(30-37-8-9-38-5-1-2-6-40(38)29-37)48(70)53-18-4-3-7-41(49(71)72)55-51(75)56-42(50(73)74)10-11-45(65)66/h1-2,5-6,8-9,29,35-36,39,41-43H,3-4,7,10-28,30-34H2,(H,53,70)(H,54,69)(H,65,66)(H,67,68)(H,71,72)(H,73,74)(H2,55,56,75)/t41?,42-,43-/m0/s1. The van der Waals surface area contributed by atoms with E-state index in [1.54, 1.807) is 4.90 Å². The summed E-state index contributed by atoms with van der Waals surface area (Å²) >= 11 is 0. The summed E-state index contributed by atoms with van der Waals surface area (Å²) < 4.78 is 10.1. The number of rotatable bonds is 27. The number of hydrogen-bond donors (Lipinski definition) is 8. The molecule has 1 spiro atoms. The summed E-state index contributed by atoms with van der Waals surface area (Å²) in [5.74, 6) is -6.12. The summed E-state index contributed by atoms with van der Waals surface area (Å²) in [6, 6.07) is 8.68. The van der Waals surface area contributed by atoms with Gasteiger partial charge in [-0.05, 0) is 86.0 Å². The molecule has 3 aliphatic rings. The van der Waals surface area contributed by atoms with Crippen molar-refractivity contribution < 1.29 is 77.8 Å². The number of carboxylic acids is 4. The van der Waals surface area contributed by atoms with Gasteiger partial charge in [0.2, 0.25) is 17.7 Å². The highest BCUT2D eigenvalue weighted by molar-refractivity contribution is 5.89. The van der Waals surface area contributed by atoms with E-state index in [2.05, 4.69) is 21.3 Å². The molecule has 2 aromatic rings. The van der Waals surface area contributed by atoms with E-state index in [1.807, 2.05) is 62.1 Å². The molecule has 424 valence electrons. The minimum absolute atomic E-state index is 0.0257. The van der Waals surface area contributed by atoms with E-state index in [0.29, 0.717) is 97.7 Å². The Morgan fingerprint density at radius 2 is 1.16 bits per heavy atom. The third kappa shape index (κ3) is 20.8. The van der Waals surface area contributed by atoms with Crippen molar-refractivity contribution in [3.63, 3.8) is 0 Å². The fraction of sp³-hybridized carbons (Fsp3) is 0.615. The Morgan fingerprint density at radius 1 is 0.610 bits per heavy atom. The average Bonchev–Trinajstić information content (AvgIpc) is 3.40. The second kappa shape index (κ2) is 31.3. The zero-order valence-electron chi connectivity index (χ0n) is 43.5. The minimum atomic E-state index is -1.54. The van der Waals surface area contributed by atoms with Gasteiger partial charge in [-0.1, -0.05) is 42.5 Å². The lowest BCUT2D eigenvalue weighted by Crippen LogP contribution is -2.52. The van der Waals surface area contributed by atoms with Gasteiger partial charge in [-0.3, -0.25) is 53.2 Å². The van der Waals surface area contributed by atoms with E-state index in [9.17, 15) is 63.3 Å². The van der Waals surface area contributed by atoms with Gasteiger partial charge in [0.05, 0.1) is 13.1 Å². The Kier molecular flexibility index (Phi) is 24.8. The number of nitrogens with zero attached hydrogens (tertiary/aromatic N) is 5. The molecule has 5 amide bonds. The van der Waals surface area contributed by atoms with Gasteiger partial charge in [0.15, 0.2) is 0 Å². The number of carbonyl (C=O) groups excluding carboxylic acids is 6. The van der Waals surface area contributed by atoms with Crippen LogP contribution in [0.3, 0.4) is 0 Å². The molecule has 3 atom stereocenters. The molecule has 25 heteroatoms. The van der Waals surface area contributed by atoms with E-state index in [4.69, 9.17) is 14.6 Å². The third-order valence-electron chi connectivity index (χ3n) is 14.9. The third-order valence-corrected chi connectivity index (χ3v) is 14.9. The summed E-state index contributed by atoms with van der Waals surface area (Å²) in [5.41, 5.74) is 0.783. The summed E-state index contributed by atoms with van der Waals surface area (Å²) in [6.45, 7) is 5.35. The molecule has 77 heavy (non-hydrogen) atoms. The van der Waals surface area contributed by atoms with Crippen LogP contribution in [0.4, 0.5) is 4.79 Å². The fourth-order valence-electron chi connectivity index (χ4n) is 10.2. The first-order valence-corrected chi connectivity index (χ1v) is 26.3. The number of ether oxygens (including phenoxy) is 2. The van der Waals surface area contributed by atoms with Gasteiger partial charge in [-0.25, -0.2) is 14.4 Å². The molecule has 2 saturated heterocycles. The van der Waals surface area contributed by atoms with Crippen LogP contribution >= 0.6 is 0 Å². The number of urea groups is 1. The van der Waals surface area contributed by atoms with Crippen LogP contribution in [-0.4, -0.2) is 222 Å². The maximum Gasteiger partial charge on any atom is 0.326 e. The van der Waals surface area contributed by atoms with Crippen LogP contribution in [0.1, 0.15) is 76.2 Å². The van der Waals surface area contributed by atoms with Crippen molar-refractivity contribution in [2.24, 2.45) is 11.3 Å². The second-order valence-corrected chi connectivity index (χ2v) is 20.2. The Morgan fingerprint density at radius 3 is 1.70 bits per heavy atom. The number of unbranched alkanes of at least 4 members (excludes halogenated alkanes) is 1. The largest absolute Gasteiger partial charge is 0.481 e. The monoisotopic (exact) mass is 1080 g/mol. The van der Waals surface area contributed by atoms with Gasteiger partial charge >= 0.3 is 29.9 Å². The molecule has 25 nitrogen and oxygen atoms in total. The molecule has 2 aliphatic heterocycles. The van der Waals surface area contributed by atoms with Crippen molar-refractivity contribution in [2.75, 3.05) is 98.5 Å². The number of carboxylic acid groups (broad SMARTS) is 4. The van der Waals surface area contributed by atoms with Crippen molar-refractivity contribution in [3.8, 4) is 0 Å². The maximum atomic E-state index is 14.0. The summed E-state index contributed by atoms with van der Waals surface area (Å²) in [7, 11) is 0. The zero-order chi connectivity index (χ0) is 55.7. The van der Waals surface area contributed by atoms with Gasteiger partial charge in [0.25, 0.3) is 12.9 Å². The van der Waals surface area contributed by atoms with Crippen molar-refractivity contribution in [1.82, 2.24) is 45.8 Å². The van der Waals surface area contributed by atoms with E-state index in [1.165, 1.54) is 0 Å². The Labute approximate surface area is 446 Å². The first-order chi connectivity index (χ1) is 37.0. The minimum Gasteiger partial charge on any atom is -0.481 e. The van der Waals surface area contributed by atoms with Gasteiger partial charge < -0.3 is 56.1 Å². The van der Waals surface area contributed by atoms with E-state index in [0.717, 1.165) is 42.0 Å². The lowest BCUT2D eigenvalue weighted by Gasteiger charge is -2.46. The molecule has 5 rings (SSSR count). The predicted octanol–water partition coefficient (Wildman–Crippen LogP) is 0.590. The molecule has 0 radical (unpaired) electrons. The highest BCUT2D eigenvalue weighted by atomic mass is 16.5. The number of carbonyl (C=O) groups is 10. The zero-order valence-corrected chi connectivity index (χ0v) is 43.5. The molecule has 8 N–H and O–H groups in total. The van der Waals surface area contributed by atoms with Crippen LogP contribution in [0.5, 0.6) is 0 Å². The number of likely N-dealkylation sites (tertiary alicyclic amines) is 1. The molecule has 0 bridgehead atoms. The molecule has 1 aliphatic carbocycles. The topological polar surface area (TPSA) is 334 Å². The van der Waals surface area contributed by atoms with Crippen LogP contribution in [0.2, 0.25) is 0 Å². The Hall–Kier alpha value is -6.96. The predicted molar refractivity (Wildman–Crippen MR) is 276 cm³/mol. The molecule has 2 heterocycles. The van der Waals surface area contributed by atoms with Gasteiger partial charge in [0.1, 0.15) is 31.6 Å². The van der Waals surface area contributed by atoms with Crippen molar-refractivity contribution in [1.29, 1.82) is 0 Å². The van der Waals surface area contributed by atoms with Crippen molar-refractivity contribution in [2.45, 2.75) is 95.2 Å². The van der Waals surface area contributed by atoms with Gasteiger partial charge in [0, 0.05) is 90.8 Å². The quantitative estimate of drug-likeness (QED) is 0.0448. The second-order valence-electron chi connectivity index (χ2n) is 20.2. The molecule has 0 aromatic heterocycles. The number of hydrogen-bond acceptors (Lipinski definition) is 16. The van der Waals surface area contributed by atoms with E-state index >= 15 is 0 Å². The summed E-state index contributed by atoms with van der Waals surface area (Å²) in [5, 5.41) is 49.8. The van der Waals surface area contributed by atoms with Crippen LogP contribution in [0.25, 0.3) is 10.8 Å². The number of amides is 5. The lowest BCUT2D eigenvalue weighted by atomic mass is 9.65. The summed E-state index contributed by atoms with van der Waals surface area (Å²) in [6.07, 6.45) is 4.07. The molecule has 3 fully saturated rings. The van der Waals surface area contributed by atoms with Crippen LogP contribution in [0, 0.1) is 11.3 Å². The molecule has 1 saturated carbocycles. The Bertz CT molecular complexity index is 2320. The molecule has 2 aromatic carbocycles. The van der Waals surface area contributed by atoms with Crippen LogP contribution in [-0.2, 0) is 59.0 Å². The maximum absolute atomic E-state index is 14.0. The molecular weight excluding hydrogens is 1010 g/mol. The summed E-state index contributed by atoms with van der Waals surface area (Å²) in [4.78, 5) is 132. The smallest absolute Gasteiger partial charge is 0.326 e. The lowest BCUT2D eigenvalue weighted by molar-refractivity contribution is -0.141. The Balaban J connectivity index is 1.13. The number of fused-ring (bicyclic) bond motifs is 1. The highest BCUT2D eigenvalue weighted by Gasteiger charge is 2.41. The number of piperidine rings is 1. The van der Waals surface area contributed by atoms with Gasteiger partial charge in [-0.15, -0.1) is 0 Å². The SMILES string of the molecule is O=COCN1CCN(COC=O)CCN(CC(=O)N2CCC3(CCC(C(=O)N[C@@H](Cc4ccc5ccccc5c4)C(=O)NCCCCC(NC(=O)N[C@@H](CCC(=O)O)C(=O)O)C(=O)O)CC3)CC2)CCN(CC(=O)O)CC1. The van der Waals surface area contributed by atoms with Crippen LogP contribution in [0.15, 0.2) is 42.5 Å². The average molecular weight is 1080 g/mol. The van der Waals surface area contributed by atoms with E-state index in [-0.39, 0.29) is 75.5 Å². The number of nitrogens with one attached hydrogen (secondary N) is 4. The van der Waals surface area contributed by atoms with Gasteiger partial charge in [-0.2, -0.15) is 0 Å². The first-order valence-electron chi connectivity index (χ1n) is 26.3. The first kappa shape index (κ1) is 60.9. The van der Waals surface area contributed by atoms with Crippen molar-refractivity contribution in [3.05, 3.63) is 48.0 Å². The normalized spacial score (nSPS) is 18.5. The van der Waals surface area contributed by atoms with Crippen molar-refractivity contribution >= 4 is 71.3 Å². The number of aliphatic carboxylic acids is 4. The number of benzene rings is 2. The van der Waals surface area contributed by atoms with Crippen LogP contribution < -0.4 is 21.3 Å². The molecular formula is C52H75N9O16.